The van der Waals surface area contributed by atoms with Crippen LogP contribution in [0.3, 0.4) is 0 Å². The van der Waals surface area contributed by atoms with E-state index in [9.17, 15) is 9.59 Å². The molecule has 2 aromatic rings. The summed E-state index contributed by atoms with van der Waals surface area (Å²) in [4.78, 5) is 29.0. The van der Waals surface area contributed by atoms with Crippen LogP contribution in [0.25, 0.3) is 0 Å². The van der Waals surface area contributed by atoms with Gasteiger partial charge in [-0.1, -0.05) is 23.7 Å². The van der Waals surface area contributed by atoms with Crippen LogP contribution in [0.15, 0.2) is 42.6 Å². The van der Waals surface area contributed by atoms with Gasteiger partial charge < -0.3 is 16.0 Å². The lowest BCUT2D eigenvalue weighted by Crippen LogP contribution is -2.35. The second-order valence-electron chi connectivity index (χ2n) is 5.87. The SMILES string of the molecule is O=C(Nc1ccc(Cl)cn1)c1ccccc1NC(=O)C1CCNCC1. The Kier molecular flexibility index (Phi) is 5.63. The van der Waals surface area contributed by atoms with Gasteiger partial charge in [-0.2, -0.15) is 0 Å². The first-order valence-corrected chi connectivity index (χ1v) is 8.55. The van der Waals surface area contributed by atoms with E-state index in [1.807, 2.05) is 0 Å². The number of carbonyl (C=O) groups excluding carboxylic acids is 2. The Morgan fingerprint density at radius 1 is 1.08 bits per heavy atom. The number of amides is 2. The first kappa shape index (κ1) is 17.4. The van der Waals surface area contributed by atoms with Crippen molar-refractivity contribution in [3.8, 4) is 0 Å². The highest BCUT2D eigenvalue weighted by atomic mass is 35.5. The third kappa shape index (κ3) is 4.55. The summed E-state index contributed by atoms with van der Waals surface area (Å²) in [6.45, 7) is 1.67. The van der Waals surface area contributed by atoms with Gasteiger partial charge in [-0.05, 0) is 50.2 Å². The minimum Gasteiger partial charge on any atom is -0.325 e. The van der Waals surface area contributed by atoms with Crippen molar-refractivity contribution in [3.63, 3.8) is 0 Å². The van der Waals surface area contributed by atoms with Gasteiger partial charge in [0, 0.05) is 12.1 Å². The van der Waals surface area contributed by atoms with E-state index in [2.05, 4.69) is 20.9 Å². The highest BCUT2D eigenvalue weighted by Gasteiger charge is 2.22. The number of hydrogen-bond acceptors (Lipinski definition) is 4. The minimum absolute atomic E-state index is 0.0321. The number of hydrogen-bond donors (Lipinski definition) is 3. The summed E-state index contributed by atoms with van der Waals surface area (Å²) in [6.07, 6.45) is 3.06. The molecule has 0 radical (unpaired) electrons. The van der Waals surface area contributed by atoms with Crippen LogP contribution in [0, 0.1) is 5.92 Å². The normalized spacial score (nSPS) is 14.8. The average molecular weight is 359 g/mol. The molecule has 0 saturated carbocycles. The summed E-state index contributed by atoms with van der Waals surface area (Å²) in [7, 11) is 0. The van der Waals surface area contributed by atoms with E-state index in [1.54, 1.807) is 36.4 Å². The van der Waals surface area contributed by atoms with Gasteiger partial charge in [0.25, 0.3) is 5.91 Å². The Labute approximate surface area is 151 Å². The number of piperidine rings is 1. The molecular weight excluding hydrogens is 340 g/mol. The van der Waals surface area contributed by atoms with Gasteiger partial charge >= 0.3 is 0 Å². The number of carbonyl (C=O) groups is 2. The third-order valence-corrected chi connectivity index (χ3v) is 4.33. The molecule has 1 saturated heterocycles. The minimum atomic E-state index is -0.337. The number of rotatable bonds is 4. The van der Waals surface area contributed by atoms with E-state index in [0.29, 0.717) is 22.1 Å². The molecule has 1 aromatic heterocycles. The molecule has 1 aliphatic heterocycles. The highest BCUT2D eigenvalue weighted by molar-refractivity contribution is 6.30. The van der Waals surface area contributed by atoms with Crippen molar-refractivity contribution in [2.45, 2.75) is 12.8 Å². The van der Waals surface area contributed by atoms with E-state index in [-0.39, 0.29) is 17.7 Å². The lowest BCUT2D eigenvalue weighted by molar-refractivity contribution is -0.120. The van der Waals surface area contributed by atoms with Crippen molar-refractivity contribution >= 4 is 34.9 Å². The molecule has 0 spiro atoms. The van der Waals surface area contributed by atoms with Crippen LogP contribution in [-0.4, -0.2) is 29.9 Å². The predicted octanol–water partition coefficient (Wildman–Crippen LogP) is 2.93. The van der Waals surface area contributed by atoms with Crippen LogP contribution in [0.5, 0.6) is 0 Å². The fourth-order valence-corrected chi connectivity index (χ4v) is 2.85. The van der Waals surface area contributed by atoms with Crippen molar-refractivity contribution in [2.75, 3.05) is 23.7 Å². The van der Waals surface area contributed by atoms with Crippen LogP contribution >= 0.6 is 11.6 Å². The first-order chi connectivity index (χ1) is 12.1. The number of nitrogens with one attached hydrogen (secondary N) is 3. The molecule has 3 rings (SSSR count). The Balaban J connectivity index is 1.72. The van der Waals surface area contributed by atoms with E-state index in [1.165, 1.54) is 6.20 Å². The average Bonchev–Trinajstić information content (AvgIpc) is 2.64. The smallest absolute Gasteiger partial charge is 0.258 e. The zero-order valence-corrected chi connectivity index (χ0v) is 14.3. The Hall–Kier alpha value is -2.44. The molecule has 0 aliphatic carbocycles. The first-order valence-electron chi connectivity index (χ1n) is 8.17. The molecule has 3 N–H and O–H groups in total. The summed E-state index contributed by atoms with van der Waals surface area (Å²) in [6, 6.07) is 10.2. The summed E-state index contributed by atoms with van der Waals surface area (Å²) in [5.74, 6) is -0.0217. The lowest BCUT2D eigenvalue weighted by atomic mass is 9.97. The number of aromatic nitrogens is 1. The molecule has 1 fully saturated rings. The summed E-state index contributed by atoms with van der Waals surface area (Å²) in [5.41, 5.74) is 0.888. The molecule has 0 unspecified atom stereocenters. The molecule has 25 heavy (non-hydrogen) atoms. The number of nitrogens with zero attached hydrogens (tertiary/aromatic N) is 1. The zero-order chi connectivity index (χ0) is 17.6. The molecule has 2 amide bonds. The summed E-state index contributed by atoms with van der Waals surface area (Å²) in [5, 5.41) is 9.32. The molecular formula is C18H19ClN4O2. The van der Waals surface area contributed by atoms with E-state index >= 15 is 0 Å². The largest absolute Gasteiger partial charge is 0.325 e. The second-order valence-corrected chi connectivity index (χ2v) is 6.31. The van der Waals surface area contributed by atoms with Gasteiger partial charge in [-0.25, -0.2) is 4.98 Å². The van der Waals surface area contributed by atoms with Crippen molar-refractivity contribution < 1.29 is 9.59 Å². The fourth-order valence-electron chi connectivity index (χ4n) is 2.74. The van der Waals surface area contributed by atoms with Gasteiger partial charge in [-0.15, -0.1) is 0 Å². The molecule has 0 atom stereocenters. The fraction of sp³-hybridized carbons (Fsp3) is 0.278. The maximum absolute atomic E-state index is 12.5. The van der Waals surface area contributed by atoms with Crippen LogP contribution < -0.4 is 16.0 Å². The van der Waals surface area contributed by atoms with Crippen LogP contribution in [0.1, 0.15) is 23.2 Å². The number of para-hydroxylation sites is 1. The molecule has 7 heteroatoms. The topological polar surface area (TPSA) is 83.1 Å². The van der Waals surface area contributed by atoms with Crippen molar-refractivity contribution in [3.05, 3.63) is 53.2 Å². The second kappa shape index (κ2) is 8.09. The summed E-state index contributed by atoms with van der Waals surface area (Å²) < 4.78 is 0. The summed E-state index contributed by atoms with van der Waals surface area (Å²) >= 11 is 5.79. The highest BCUT2D eigenvalue weighted by Crippen LogP contribution is 2.20. The van der Waals surface area contributed by atoms with Crippen LogP contribution in [0.2, 0.25) is 5.02 Å². The maximum Gasteiger partial charge on any atom is 0.258 e. The van der Waals surface area contributed by atoms with Crippen molar-refractivity contribution in [1.82, 2.24) is 10.3 Å². The Morgan fingerprint density at radius 2 is 1.84 bits per heavy atom. The van der Waals surface area contributed by atoms with Gasteiger partial charge in [0.2, 0.25) is 5.91 Å². The zero-order valence-electron chi connectivity index (χ0n) is 13.6. The Bertz CT molecular complexity index is 758. The number of anilines is 2. The molecule has 0 bridgehead atoms. The van der Waals surface area contributed by atoms with E-state index in [0.717, 1.165) is 25.9 Å². The van der Waals surface area contributed by atoms with Crippen molar-refractivity contribution in [1.29, 1.82) is 0 Å². The molecule has 1 aliphatic rings. The van der Waals surface area contributed by atoms with E-state index in [4.69, 9.17) is 11.6 Å². The standard InChI is InChI=1S/C18H19ClN4O2/c19-13-5-6-16(21-11-13)23-18(25)14-3-1-2-4-15(14)22-17(24)12-7-9-20-10-8-12/h1-6,11-12,20H,7-10H2,(H,22,24)(H,21,23,25). The molecule has 2 heterocycles. The maximum atomic E-state index is 12.5. The lowest BCUT2D eigenvalue weighted by Gasteiger charge is -2.22. The van der Waals surface area contributed by atoms with Crippen LogP contribution in [-0.2, 0) is 4.79 Å². The van der Waals surface area contributed by atoms with Crippen molar-refractivity contribution in [2.24, 2.45) is 5.92 Å². The molecule has 1 aromatic carbocycles. The molecule has 6 nitrogen and oxygen atoms in total. The van der Waals surface area contributed by atoms with Gasteiger partial charge in [0.15, 0.2) is 0 Å². The third-order valence-electron chi connectivity index (χ3n) is 4.11. The van der Waals surface area contributed by atoms with Gasteiger partial charge in [0.05, 0.1) is 16.3 Å². The van der Waals surface area contributed by atoms with E-state index < -0.39 is 0 Å². The predicted molar refractivity (Wildman–Crippen MR) is 97.9 cm³/mol. The quantitative estimate of drug-likeness (QED) is 0.784. The Morgan fingerprint density at radius 3 is 2.56 bits per heavy atom. The molecule has 130 valence electrons. The van der Waals surface area contributed by atoms with Gasteiger partial charge in [-0.3, -0.25) is 9.59 Å². The number of halogens is 1. The number of benzene rings is 1. The number of pyridine rings is 1. The van der Waals surface area contributed by atoms with Gasteiger partial charge in [0.1, 0.15) is 5.82 Å². The monoisotopic (exact) mass is 358 g/mol. The van der Waals surface area contributed by atoms with Crippen LogP contribution in [0.4, 0.5) is 11.5 Å².